The third kappa shape index (κ3) is 4.66. The van der Waals surface area contributed by atoms with E-state index in [0.29, 0.717) is 24.1 Å². The predicted molar refractivity (Wildman–Crippen MR) is 143 cm³/mol. The van der Waals surface area contributed by atoms with E-state index in [9.17, 15) is 13.6 Å². The van der Waals surface area contributed by atoms with Crippen LogP contribution in [0.4, 0.5) is 14.7 Å². The molecule has 0 radical (unpaired) electrons. The number of aryl methyl sites for hydroxylation is 1. The summed E-state index contributed by atoms with van der Waals surface area (Å²) in [6.45, 7) is 1.27. The van der Waals surface area contributed by atoms with Crippen molar-refractivity contribution >= 4 is 34.7 Å². The van der Waals surface area contributed by atoms with Crippen molar-refractivity contribution in [3.05, 3.63) is 65.7 Å². The van der Waals surface area contributed by atoms with Crippen molar-refractivity contribution in [1.82, 2.24) is 24.8 Å². The van der Waals surface area contributed by atoms with Crippen molar-refractivity contribution in [2.45, 2.75) is 32.5 Å². The molecule has 2 aliphatic rings. The maximum Gasteiger partial charge on any atom is 0.387 e. The number of benzene rings is 2. The number of amides is 1. The van der Waals surface area contributed by atoms with Crippen LogP contribution in [-0.4, -0.2) is 56.6 Å². The van der Waals surface area contributed by atoms with Crippen molar-refractivity contribution < 1.29 is 18.3 Å². The van der Waals surface area contributed by atoms with Crippen molar-refractivity contribution in [3.8, 4) is 16.9 Å². The average molecular weight is 537 g/mol. The normalized spacial score (nSPS) is 17.2. The standard InChI is InChI=1S/C27H26F2N6O2S/c1-16-19(3-2-4-23(16)37-26(28)29)25(36)33-21-7-8-35-22-13-17(5-6-20(22)32-24(21)35)18-14-30-27(31-15-18)34-9-11-38-12-10-34/h2-6,13-15,21,26H,7-12H2,1H3,(H,33,36)/t21-/m1/s1. The van der Waals surface area contributed by atoms with E-state index in [2.05, 4.69) is 35.6 Å². The van der Waals surface area contributed by atoms with Crippen LogP contribution in [0.5, 0.6) is 5.75 Å². The van der Waals surface area contributed by atoms with Gasteiger partial charge in [-0.05, 0) is 43.2 Å². The number of hydrogen-bond donors (Lipinski definition) is 1. The van der Waals surface area contributed by atoms with Gasteiger partial charge in [0.25, 0.3) is 5.91 Å². The number of nitrogens with one attached hydrogen (secondary N) is 1. The number of rotatable bonds is 6. The highest BCUT2D eigenvalue weighted by atomic mass is 32.2. The molecule has 11 heteroatoms. The molecule has 0 unspecified atom stereocenters. The van der Waals surface area contributed by atoms with Gasteiger partial charge in [0, 0.05) is 60.2 Å². The minimum atomic E-state index is -2.95. The summed E-state index contributed by atoms with van der Waals surface area (Å²) in [6.07, 6.45) is 4.42. The van der Waals surface area contributed by atoms with Gasteiger partial charge in [0.15, 0.2) is 0 Å². The third-order valence-corrected chi connectivity index (χ3v) is 7.99. The summed E-state index contributed by atoms with van der Waals surface area (Å²) >= 11 is 1.95. The fourth-order valence-electron chi connectivity index (χ4n) is 5.06. The molecule has 1 saturated heterocycles. The molecule has 2 aliphatic heterocycles. The van der Waals surface area contributed by atoms with Gasteiger partial charge in [-0.2, -0.15) is 20.5 Å². The molecule has 0 saturated carbocycles. The number of hydrogen-bond acceptors (Lipinski definition) is 7. The molecule has 196 valence electrons. The summed E-state index contributed by atoms with van der Waals surface area (Å²) in [5.41, 5.74) is 4.42. The van der Waals surface area contributed by atoms with Gasteiger partial charge in [0.05, 0.1) is 17.1 Å². The van der Waals surface area contributed by atoms with Crippen LogP contribution in [0.3, 0.4) is 0 Å². The maximum atomic E-state index is 13.1. The molecule has 0 spiro atoms. The van der Waals surface area contributed by atoms with E-state index in [0.717, 1.165) is 58.5 Å². The monoisotopic (exact) mass is 536 g/mol. The number of imidazole rings is 1. The van der Waals surface area contributed by atoms with Gasteiger partial charge in [0.2, 0.25) is 5.95 Å². The lowest BCUT2D eigenvalue weighted by molar-refractivity contribution is -0.0503. The van der Waals surface area contributed by atoms with Gasteiger partial charge in [-0.3, -0.25) is 4.79 Å². The molecule has 1 atom stereocenters. The molecule has 0 aliphatic carbocycles. The summed E-state index contributed by atoms with van der Waals surface area (Å²) < 4.78 is 32.1. The average Bonchev–Trinajstić information content (AvgIpc) is 3.49. The summed E-state index contributed by atoms with van der Waals surface area (Å²) in [6, 6.07) is 10.3. The quantitative estimate of drug-likeness (QED) is 0.378. The molecule has 6 rings (SSSR count). The van der Waals surface area contributed by atoms with Crippen molar-refractivity contribution in [3.63, 3.8) is 0 Å². The van der Waals surface area contributed by atoms with E-state index in [-0.39, 0.29) is 17.7 Å². The molecule has 8 nitrogen and oxygen atoms in total. The second-order valence-electron chi connectivity index (χ2n) is 9.32. The Kier molecular flexibility index (Phi) is 6.61. The van der Waals surface area contributed by atoms with E-state index in [1.807, 2.05) is 36.3 Å². The molecule has 1 amide bonds. The SMILES string of the molecule is Cc1c(OC(F)F)cccc1C(=O)N[C@@H]1CCn2c1nc1ccc(-c3cnc(N4CCSCC4)nc3)cc12. The first kappa shape index (κ1) is 24.6. The Morgan fingerprint density at radius 1 is 1.11 bits per heavy atom. The topological polar surface area (TPSA) is 85.2 Å². The van der Waals surface area contributed by atoms with Gasteiger partial charge in [-0.25, -0.2) is 15.0 Å². The second-order valence-corrected chi connectivity index (χ2v) is 10.5. The molecule has 1 fully saturated rings. The molecule has 2 aromatic carbocycles. The number of thioether (sulfide) groups is 1. The number of anilines is 1. The van der Waals surface area contributed by atoms with Gasteiger partial charge < -0.3 is 19.5 Å². The number of carbonyl (C=O) groups is 1. The summed E-state index contributed by atoms with van der Waals surface area (Å²) in [5.74, 6) is 3.37. The Labute approximate surface area is 222 Å². The summed E-state index contributed by atoms with van der Waals surface area (Å²) in [4.78, 5) is 29.3. The zero-order valence-electron chi connectivity index (χ0n) is 20.7. The third-order valence-electron chi connectivity index (χ3n) is 7.05. The lowest BCUT2D eigenvalue weighted by atomic mass is 10.1. The van der Waals surface area contributed by atoms with Crippen LogP contribution in [0.2, 0.25) is 0 Å². The van der Waals surface area contributed by atoms with Crippen molar-refractivity contribution in [2.24, 2.45) is 0 Å². The zero-order valence-corrected chi connectivity index (χ0v) is 21.5. The lowest BCUT2D eigenvalue weighted by Crippen LogP contribution is -2.33. The van der Waals surface area contributed by atoms with Gasteiger partial charge in [-0.1, -0.05) is 12.1 Å². The molecule has 4 heterocycles. The van der Waals surface area contributed by atoms with Crippen molar-refractivity contribution in [1.29, 1.82) is 0 Å². The van der Waals surface area contributed by atoms with Crippen LogP contribution in [0, 0.1) is 6.92 Å². The van der Waals surface area contributed by atoms with Crippen LogP contribution in [0.1, 0.15) is 34.2 Å². The molecule has 2 aromatic heterocycles. The zero-order chi connectivity index (χ0) is 26.2. The minimum Gasteiger partial charge on any atom is -0.435 e. The number of alkyl halides is 2. The highest BCUT2D eigenvalue weighted by molar-refractivity contribution is 7.99. The van der Waals surface area contributed by atoms with Gasteiger partial charge in [0.1, 0.15) is 11.6 Å². The number of carbonyl (C=O) groups excluding carboxylic acids is 1. The smallest absolute Gasteiger partial charge is 0.387 e. The van der Waals surface area contributed by atoms with E-state index in [1.54, 1.807) is 13.0 Å². The minimum absolute atomic E-state index is 0.00853. The first-order chi connectivity index (χ1) is 18.5. The highest BCUT2D eigenvalue weighted by Gasteiger charge is 2.29. The second kappa shape index (κ2) is 10.2. The number of ether oxygens (including phenoxy) is 1. The van der Waals surface area contributed by atoms with E-state index in [1.165, 1.54) is 12.1 Å². The lowest BCUT2D eigenvalue weighted by Gasteiger charge is -2.26. The highest BCUT2D eigenvalue weighted by Crippen LogP contribution is 2.33. The largest absolute Gasteiger partial charge is 0.435 e. The molecule has 1 N–H and O–H groups in total. The maximum absolute atomic E-state index is 13.1. The van der Waals surface area contributed by atoms with Crippen LogP contribution in [-0.2, 0) is 6.54 Å². The van der Waals surface area contributed by atoms with E-state index >= 15 is 0 Å². The van der Waals surface area contributed by atoms with Gasteiger partial charge >= 0.3 is 6.61 Å². The Balaban J connectivity index is 1.22. The Morgan fingerprint density at radius 3 is 2.66 bits per heavy atom. The number of fused-ring (bicyclic) bond motifs is 3. The fraction of sp³-hybridized carbons (Fsp3) is 0.333. The molecular weight excluding hydrogens is 510 g/mol. The first-order valence-electron chi connectivity index (χ1n) is 12.5. The van der Waals surface area contributed by atoms with Crippen LogP contribution in [0.25, 0.3) is 22.2 Å². The Morgan fingerprint density at radius 2 is 1.89 bits per heavy atom. The van der Waals surface area contributed by atoms with Crippen molar-refractivity contribution in [2.75, 3.05) is 29.5 Å². The van der Waals surface area contributed by atoms with Crippen LogP contribution in [0.15, 0.2) is 48.8 Å². The van der Waals surface area contributed by atoms with Gasteiger partial charge in [-0.15, -0.1) is 0 Å². The fourth-order valence-corrected chi connectivity index (χ4v) is 5.97. The summed E-state index contributed by atoms with van der Waals surface area (Å²) in [5, 5.41) is 3.03. The molecular formula is C27H26F2N6O2S. The first-order valence-corrected chi connectivity index (χ1v) is 13.6. The Hall–Kier alpha value is -3.73. The number of halogens is 2. The molecule has 38 heavy (non-hydrogen) atoms. The molecule has 4 aromatic rings. The van der Waals surface area contributed by atoms with Crippen LogP contribution >= 0.6 is 11.8 Å². The van der Waals surface area contributed by atoms with E-state index < -0.39 is 6.61 Å². The van der Waals surface area contributed by atoms with Crippen LogP contribution < -0.4 is 15.0 Å². The number of nitrogens with zero attached hydrogens (tertiary/aromatic N) is 5. The van der Waals surface area contributed by atoms with E-state index in [4.69, 9.17) is 4.98 Å². The predicted octanol–water partition coefficient (Wildman–Crippen LogP) is 4.83. The number of aromatic nitrogens is 4. The Bertz CT molecular complexity index is 1490. The molecule has 0 bridgehead atoms. The summed E-state index contributed by atoms with van der Waals surface area (Å²) in [7, 11) is 0.